The second-order valence-electron chi connectivity index (χ2n) is 11.1. The van der Waals surface area contributed by atoms with Crippen LogP contribution in [0.5, 0.6) is 0 Å². The van der Waals surface area contributed by atoms with Crippen molar-refractivity contribution in [1.82, 2.24) is 20.9 Å². The molecule has 0 aliphatic carbocycles. The van der Waals surface area contributed by atoms with E-state index in [1.807, 2.05) is 45.0 Å². The van der Waals surface area contributed by atoms with Gasteiger partial charge in [0, 0.05) is 30.1 Å². The van der Waals surface area contributed by atoms with Gasteiger partial charge in [-0.3, -0.25) is 19.4 Å². The molecule has 2 rings (SSSR count). The maximum absolute atomic E-state index is 13.7. The molecule has 0 aliphatic rings. The summed E-state index contributed by atoms with van der Waals surface area (Å²) in [7, 11) is 0. The Morgan fingerprint density at radius 1 is 0.976 bits per heavy atom. The van der Waals surface area contributed by atoms with E-state index in [4.69, 9.17) is 17.2 Å². The lowest BCUT2D eigenvalue weighted by atomic mass is 9.96. The van der Waals surface area contributed by atoms with Crippen molar-refractivity contribution in [2.45, 2.75) is 84.0 Å². The van der Waals surface area contributed by atoms with Crippen molar-refractivity contribution in [2.24, 2.45) is 34.0 Å². The van der Waals surface area contributed by atoms with E-state index in [0.29, 0.717) is 19.3 Å². The zero-order chi connectivity index (χ0) is 31.4. The van der Waals surface area contributed by atoms with Crippen molar-refractivity contribution >= 4 is 40.6 Å². The van der Waals surface area contributed by atoms with Gasteiger partial charge in [0.25, 0.3) is 0 Å². The number of hydrogen-bond donors (Lipinski definition) is 8. The molecule has 5 unspecified atom stereocenters. The predicted octanol–water partition coefficient (Wildman–Crippen LogP) is 0.723. The molecule has 1 aromatic heterocycles. The number of nitrogens with one attached hydrogen (secondary N) is 4. The molecule has 0 radical (unpaired) electrons. The van der Waals surface area contributed by atoms with Crippen molar-refractivity contribution in [3.05, 3.63) is 36.0 Å². The molecule has 0 bridgehead atoms. The summed E-state index contributed by atoms with van der Waals surface area (Å²) in [6.45, 7) is 7.75. The number of amides is 3. The molecule has 0 saturated carbocycles. The number of rotatable bonds is 17. The molecule has 0 aliphatic heterocycles. The summed E-state index contributed by atoms with van der Waals surface area (Å²) in [4.78, 5) is 58.9. The number of aromatic nitrogens is 1. The summed E-state index contributed by atoms with van der Waals surface area (Å²) in [5.41, 5.74) is 18.4. The highest BCUT2D eigenvalue weighted by Crippen LogP contribution is 2.20. The number of guanidine groups is 1. The lowest BCUT2D eigenvalue weighted by Crippen LogP contribution is -2.59. The smallest absolute Gasteiger partial charge is 0.326 e. The Morgan fingerprint density at radius 3 is 2.26 bits per heavy atom. The third-order valence-corrected chi connectivity index (χ3v) is 7.15. The average molecular weight is 587 g/mol. The minimum absolute atomic E-state index is 0.0893. The van der Waals surface area contributed by atoms with Crippen molar-refractivity contribution in [1.29, 1.82) is 0 Å². The van der Waals surface area contributed by atoms with Crippen LogP contribution >= 0.6 is 0 Å². The van der Waals surface area contributed by atoms with E-state index in [2.05, 4.69) is 25.9 Å². The third-order valence-electron chi connectivity index (χ3n) is 7.15. The number of nitrogens with zero attached hydrogens (tertiary/aromatic N) is 1. The molecule has 13 heteroatoms. The molecule has 0 fully saturated rings. The fourth-order valence-electron chi connectivity index (χ4n) is 4.60. The number of carboxylic acids is 1. The summed E-state index contributed by atoms with van der Waals surface area (Å²) < 4.78 is 0. The summed E-state index contributed by atoms with van der Waals surface area (Å²) in [6.07, 6.45) is 3.30. The van der Waals surface area contributed by atoms with Crippen LogP contribution in [0.1, 0.15) is 58.9 Å². The van der Waals surface area contributed by atoms with Gasteiger partial charge in [-0.2, -0.15) is 0 Å². The number of carboxylic acid groups (broad SMARTS) is 1. The van der Waals surface area contributed by atoms with Gasteiger partial charge in [-0.1, -0.05) is 52.3 Å². The number of aliphatic imine (C=N–C) groups is 1. The molecule has 1 heterocycles. The Labute approximate surface area is 246 Å². The Morgan fingerprint density at radius 2 is 1.64 bits per heavy atom. The number of H-pyrrole nitrogens is 1. The lowest BCUT2D eigenvalue weighted by molar-refractivity contribution is -0.143. The van der Waals surface area contributed by atoms with Crippen LogP contribution < -0.4 is 33.2 Å². The van der Waals surface area contributed by atoms with Crippen molar-refractivity contribution in [3.63, 3.8) is 0 Å². The third kappa shape index (κ3) is 10.4. The van der Waals surface area contributed by atoms with E-state index in [-0.39, 0.29) is 37.2 Å². The van der Waals surface area contributed by atoms with Crippen LogP contribution in [0.15, 0.2) is 35.5 Å². The van der Waals surface area contributed by atoms with E-state index in [0.717, 1.165) is 16.5 Å². The van der Waals surface area contributed by atoms with Crippen molar-refractivity contribution in [3.8, 4) is 0 Å². The zero-order valence-corrected chi connectivity index (χ0v) is 24.9. The molecular weight excluding hydrogens is 540 g/mol. The minimum atomic E-state index is -1.22. The van der Waals surface area contributed by atoms with Gasteiger partial charge in [0.05, 0.1) is 6.04 Å². The quantitative estimate of drug-likeness (QED) is 0.0746. The first-order valence-electron chi connectivity index (χ1n) is 14.3. The molecule has 0 saturated heterocycles. The fraction of sp³-hybridized carbons (Fsp3) is 0.552. The monoisotopic (exact) mass is 586 g/mol. The number of aromatic amines is 1. The van der Waals surface area contributed by atoms with Gasteiger partial charge >= 0.3 is 5.97 Å². The van der Waals surface area contributed by atoms with Crippen molar-refractivity contribution in [2.75, 3.05) is 6.54 Å². The summed E-state index contributed by atoms with van der Waals surface area (Å²) >= 11 is 0. The first-order chi connectivity index (χ1) is 19.8. The molecule has 42 heavy (non-hydrogen) atoms. The van der Waals surface area contributed by atoms with Gasteiger partial charge in [-0.25, -0.2) is 4.79 Å². The Balaban J connectivity index is 2.27. The summed E-state index contributed by atoms with van der Waals surface area (Å²) in [6, 6.07) is 3.49. The van der Waals surface area contributed by atoms with Gasteiger partial charge in [-0.15, -0.1) is 0 Å². The molecule has 2 aromatic rings. The highest BCUT2D eigenvalue weighted by Gasteiger charge is 2.33. The van der Waals surface area contributed by atoms with E-state index < -0.39 is 47.9 Å². The van der Waals surface area contributed by atoms with E-state index in [1.54, 1.807) is 13.1 Å². The Kier molecular flexibility index (Phi) is 13.3. The Bertz CT molecular complexity index is 1240. The lowest BCUT2D eigenvalue weighted by Gasteiger charge is -2.28. The number of benzene rings is 1. The number of carbonyl (C=O) groups excluding carboxylic acids is 3. The van der Waals surface area contributed by atoms with Crippen LogP contribution in [0.2, 0.25) is 0 Å². The zero-order valence-electron chi connectivity index (χ0n) is 24.9. The van der Waals surface area contributed by atoms with Crippen LogP contribution in [0, 0.1) is 11.8 Å². The number of para-hydroxylation sites is 1. The first kappa shape index (κ1) is 34.1. The number of carbonyl (C=O) groups is 4. The molecule has 13 nitrogen and oxygen atoms in total. The standard InChI is InChI=1S/C29H46N8O5/c1-5-17(4)24(27(40)35-22(28(41)42)11-8-12-33-29(31)32)37-26(39)23(36-25(38)20(30)13-16(2)3)14-18-15-34-21-10-7-6-9-19(18)21/h6-7,9-10,15-17,20,22-24,34H,5,8,11-14,30H2,1-4H3,(H,35,40)(H,36,38)(H,37,39)(H,41,42)(H4,31,32,33). The first-order valence-corrected chi connectivity index (χ1v) is 14.3. The van der Waals surface area contributed by atoms with Crippen LogP contribution in [0.3, 0.4) is 0 Å². The average Bonchev–Trinajstić information content (AvgIpc) is 3.34. The highest BCUT2D eigenvalue weighted by molar-refractivity contribution is 5.95. The van der Waals surface area contributed by atoms with Crippen LogP contribution in [-0.4, -0.2) is 70.5 Å². The normalized spacial score (nSPS) is 14.8. The van der Waals surface area contributed by atoms with Gasteiger partial charge < -0.3 is 43.2 Å². The van der Waals surface area contributed by atoms with Crippen LogP contribution in [0.4, 0.5) is 0 Å². The Hall–Kier alpha value is -4.13. The predicted molar refractivity (Wildman–Crippen MR) is 162 cm³/mol. The van der Waals surface area contributed by atoms with E-state index >= 15 is 0 Å². The molecular formula is C29H46N8O5. The maximum Gasteiger partial charge on any atom is 0.326 e. The number of aliphatic carboxylic acids is 1. The van der Waals surface area contributed by atoms with E-state index in [1.165, 1.54) is 0 Å². The molecule has 0 spiro atoms. The molecule has 11 N–H and O–H groups in total. The molecule has 5 atom stereocenters. The van der Waals surface area contributed by atoms with Gasteiger partial charge in [0.15, 0.2) is 5.96 Å². The number of hydrogen-bond acceptors (Lipinski definition) is 6. The highest BCUT2D eigenvalue weighted by atomic mass is 16.4. The summed E-state index contributed by atoms with van der Waals surface area (Å²) in [5, 5.41) is 18.7. The topological polar surface area (TPSA) is 231 Å². The van der Waals surface area contributed by atoms with Gasteiger partial charge in [0.2, 0.25) is 17.7 Å². The second-order valence-corrected chi connectivity index (χ2v) is 11.1. The van der Waals surface area contributed by atoms with Gasteiger partial charge in [0.1, 0.15) is 18.1 Å². The second kappa shape index (κ2) is 16.3. The maximum atomic E-state index is 13.7. The van der Waals surface area contributed by atoms with Crippen LogP contribution in [0.25, 0.3) is 10.9 Å². The van der Waals surface area contributed by atoms with E-state index in [9.17, 15) is 24.3 Å². The molecule has 3 amide bonds. The number of nitrogens with two attached hydrogens (primary N) is 3. The molecule has 232 valence electrons. The SMILES string of the molecule is CCC(C)C(NC(=O)C(Cc1c[nH]c2ccccc12)NC(=O)C(N)CC(C)C)C(=O)NC(CCCN=C(N)N)C(=O)O. The largest absolute Gasteiger partial charge is 0.480 e. The number of fused-ring (bicyclic) bond motifs is 1. The van der Waals surface area contributed by atoms with Crippen LogP contribution in [-0.2, 0) is 25.6 Å². The fourth-order valence-corrected chi connectivity index (χ4v) is 4.60. The van der Waals surface area contributed by atoms with Crippen molar-refractivity contribution < 1.29 is 24.3 Å². The summed E-state index contributed by atoms with van der Waals surface area (Å²) in [5.74, 6) is -3.17. The van der Waals surface area contributed by atoms with Gasteiger partial charge in [-0.05, 0) is 42.7 Å². The molecule has 1 aromatic carbocycles. The minimum Gasteiger partial charge on any atom is -0.480 e.